The number of carbonyl (C=O) groups is 1. The second-order valence-corrected chi connectivity index (χ2v) is 5.14. The number of halogens is 1. The summed E-state index contributed by atoms with van der Waals surface area (Å²) in [5, 5.41) is 7.85. The second-order valence-electron chi connectivity index (χ2n) is 4.75. The third-order valence-electron chi connectivity index (χ3n) is 2.93. The molecule has 0 N–H and O–H groups in total. The van der Waals surface area contributed by atoms with Gasteiger partial charge in [-0.3, -0.25) is 4.79 Å². The fraction of sp³-hybridized carbons (Fsp3) is 0.267. The van der Waals surface area contributed by atoms with Gasteiger partial charge in [-0.2, -0.15) is 0 Å². The maximum atomic E-state index is 12.5. The molecule has 104 valence electrons. The molecule has 0 unspecified atom stereocenters. The summed E-state index contributed by atoms with van der Waals surface area (Å²) in [4.78, 5) is 14.2. The molecule has 2 aromatic rings. The summed E-state index contributed by atoms with van der Waals surface area (Å²) in [5.41, 5.74) is 1.38. The number of carbonyl (C=O) groups excluding carboxylic acids is 1. The number of aromatic nitrogens is 2. The van der Waals surface area contributed by atoms with Crippen LogP contribution in [0.1, 0.15) is 29.9 Å². The van der Waals surface area contributed by atoms with Crippen LogP contribution in [0.4, 0.5) is 0 Å². The summed E-state index contributed by atoms with van der Waals surface area (Å²) in [5.74, 6) is -0.145. The van der Waals surface area contributed by atoms with Crippen molar-refractivity contribution in [3.63, 3.8) is 0 Å². The van der Waals surface area contributed by atoms with Gasteiger partial charge in [-0.15, -0.1) is 10.2 Å². The molecule has 0 saturated carbocycles. The summed E-state index contributed by atoms with van der Waals surface area (Å²) in [6.07, 6.45) is 0. The molecule has 5 heteroatoms. The van der Waals surface area contributed by atoms with Crippen molar-refractivity contribution in [2.45, 2.75) is 26.4 Å². The number of hydrogen-bond acceptors (Lipinski definition) is 3. The molecule has 0 aliphatic carbocycles. The highest BCUT2D eigenvalue weighted by molar-refractivity contribution is 6.29. The van der Waals surface area contributed by atoms with Gasteiger partial charge in [0.15, 0.2) is 10.8 Å². The number of rotatable bonds is 4. The van der Waals surface area contributed by atoms with Crippen LogP contribution < -0.4 is 0 Å². The van der Waals surface area contributed by atoms with Crippen LogP contribution in [0.15, 0.2) is 42.5 Å². The highest BCUT2D eigenvalue weighted by Gasteiger charge is 2.20. The normalized spacial score (nSPS) is 10.6. The molecule has 0 saturated heterocycles. The Hall–Kier alpha value is -1.94. The molecule has 0 bridgehead atoms. The Bertz CT molecular complexity index is 569. The van der Waals surface area contributed by atoms with Gasteiger partial charge >= 0.3 is 0 Å². The average Bonchev–Trinajstić information content (AvgIpc) is 2.45. The smallest absolute Gasteiger partial charge is 0.274 e. The highest BCUT2D eigenvalue weighted by atomic mass is 35.5. The van der Waals surface area contributed by atoms with Crippen LogP contribution >= 0.6 is 11.6 Å². The van der Waals surface area contributed by atoms with Gasteiger partial charge in [0.1, 0.15) is 0 Å². The van der Waals surface area contributed by atoms with Crippen molar-refractivity contribution in [3.8, 4) is 0 Å². The molecule has 1 heterocycles. The fourth-order valence-electron chi connectivity index (χ4n) is 1.85. The van der Waals surface area contributed by atoms with Gasteiger partial charge in [0.2, 0.25) is 0 Å². The molecular formula is C15H16ClN3O. The van der Waals surface area contributed by atoms with E-state index in [1.165, 1.54) is 0 Å². The van der Waals surface area contributed by atoms with Crippen LogP contribution in [-0.4, -0.2) is 27.0 Å². The molecule has 1 aromatic carbocycles. The van der Waals surface area contributed by atoms with Crippen molar-refractivity contribution in [3.05, 3.63) is 58.9 Å². The molecule has 0 fully saturated rings. The van der Waals surface area contributed by atoms with E-state index in [9.17, 15) is 4.79 Å². The van der Waals surface area contributed by atoms with E-state index in [1.807, 2.05) is 44.2 Å². The molecule has 20 heavy (non-hydrogen) atoms. The molecule has 0 atom stereocenters. The lowest BCUT2D eigenvalue weighted by Gasteiger charge is -2.26. The lowest BCUT2D eigenvalue weighted by atomic mass is 10.1. The Morgan fingerprint density at radius 2 is 1.85 bits per heavy atom. The summed E-state index contributed by atoms with van der Waals surface area (Å²) >= 11 is 5.69. The monoisotopic (exact) mass is 289 g/mol. The van der Waals surface area contributed by atoms with Crippen LogP contribution in [0.25, 0.3) is 0 Å². The quantitative estimate of drug-likeness (QED) is 0.868. The van der Waals surface area contributed by atoms with Gasteiger partial charge in [0.25, 0.3) is 5.91 Å². The van der Waals surface area contributed by atoms with Crippen molar-refractivity contribution < 1.29 is 4.79 Å². The van der Waals surface area contributed by atoms with Crippen LogP contribution in [0.3, 0.4) is 0 Å². The molecule has 1 amide bonds. The van der Waals surface area contributed by atoms with E-state index in [0.29, 0.717) is 12.2 Å². The maximum absolute atomic E-state index is 12.5. The van der Waals surface area contributed by atoms with Crippen molar-refractivity contribution in [1.29, 1.82) is 0 Å². The van der Waals surface area contributed by atoms with Gasteiger partial charge in [-0.25, -0.2) is 0 Å². The predicted molar refractivity (Wildman–Crippen MR) is 78.5 cm³/mol. The van der Waals surface area contributed by atoms with Gasteiger partial charge in [0, 0.05) is 12.6 Å². The van der Waals surface area contributed by atoms with E-state index in [2.05, 4.69) is 10.2 Å². The van der Waals surface area contributed by atoms with Crippen LogP contribution in [0, 0.1) is 0 Å². The Kier molecular flexibility index (Phi) is 4.69. The third-order valence-corrected chi connectivity index (χ3v) is 3.13. The zero-order valence-corrected chi connectivity index (χ0v) is 12.2. The second kappa shape index (κ2) is 6.48. The largest absolute Gasteiger partial charge is 0.331 e. The van der Waals surface area contributed by atoms with Crippen molar-refractivity contribution in [2.75, 3.05) is 0 Å². The van der Waals surface area contributed by atoms with Gasteiger partial charge in [-0.05, 0) is 31.5 Å². The van der Waals surface area contributed by atoms with E-state index < -0.39 is 0 Å². The predicted octanol–water partition coefficient (Wildman–Crippen LogP) is 3.18. The maximum Gasteiger partial charge on any atom is 0.274 e. The molecule has 0 spiro atoms. The standard InChI is InChI=1S/C15H16ClN3O/c1-11(2)19(10-12-6-4-3-5-7-12)15(20)13-8-9-14(16)18-17-13/h3-9,11H,10H2,1-2H3. The Labute approximate surface area is 123 Å². The van der Waals surface area contributed by atoms with Crippen molar-refractivity contribution in [2.24, 2.45) is 0 Å². The van der Waals surface area contributed by atoms with Crippen molar-refractivity contribution >= 4 is 17.5 Å². The van der Waals surface area contributed by atoms with Crippen LogP contribution in [0.5, 0.6) is 0 Å². The molecule has 0 aliphatic rings. The topological polar surface area (TPSA) is 46.1 Å². The summed E-state index contributed by atoms with van der Waals surface area (Å²) in [6, 6.07) is 13.1. The average molecular weight is 290 g/mol. The zero-order valence-electron chi connectivity index (χ0n) is 11.5. The Morgan fingerprint density at radius 3 is 2.40 bits per heavy atom. The Balaban J connectivity index is 2.20. The van der Waals surface area contributed by atoms with Gasteiger partial charge < -0.3 is 4.90 Å². The summed E-state index contributed by atoms with van der Waals surface area (Å²) in [6.45, 7) is 4.50. The first-order valence-corrected chi connectivity index (χ1v) is 6.80. The molecule has 0 radical (unpaired) electrons. The lowest BCUT2D eigenvalue weighted by molar-refractivity contribution is 0.0683. The zero-order chi connectivity index (χ0) is 14.5. The molecule has 1 aromatic heterocycles. The van der Waals surface area contributed by atoms with Crippen molar-refractivity contribution in [1.82, 2.24) is 15.1 Å². The number of nitrogens with zero attached hydrogens (tertiary/aromatic N) is 3. The molecule has 4 nitrogen and oxygen atoms in total. The first kappa shape index (κ1) is 14.5. The molecule has 2 rings (SSSR count). The van der Waals surface area contributed by atoms with E-state index >= 15 is 0 Å². The van der Waals surface area contributed by atoms with Gasteiger partial charge in [0.05, 0.1) is 0 Å². The first-order valence-electron chi connectivity index (χ1n) is 6.42. The first-order chi connectivity index (χ1) is 9.58. The van der Waals surface area contributed by atoms with E-state index in [4.69, 9.17) is 11.6 Å². The Morgan fingerprint density at radius 1 is 1.15 bits per heavy atom. The highest BCUT2D eigenvalue weighted by Crippen LogP contribution is 2.12. The van der Waals surface area contributed by atoms with Gasteiger partial charge in [-0.1, -0.05) is 41.9 Å². The molecule has 0 aliphatic heterocycles. The van der Waals surface area contributed by atoms with Crippen LogP contribution in [-0.2, 0) is 6.54 Å². The van der Waals surface area contributed by atoms with Crippen LogP contribution in [0.2, 0.25) is 5.15 Å². The number of hydrogen-bond donors (Lipinski definition) is 0. The minimum atomic E-state index is -0.145. The lowest BCUT2D eigenvalue weighted by Crippen LogP contribution is -2.37. The third kappa shape index (κ3) is 3.54. The minimum Gasteiger partial charge on any atom is -0.331 e. The number of benzene rings is 1. The van der Waals surface area contributed by atoms with E-state index in [1.54, 1.807) is 17.0 Å². The van der Waals surface area contributed by atoms with E-state index in [0.717, 1.165) is 5.56 Å². The minimum absolute atomic E-state index is 0.0696. The summed E-state index contributed by atoms with van der Waals surface area (Å²) < 4.78 is 0. The molecular weight excluding hydrogens is 274 g/mol. The van der Waals surface area contributed by atoms with E-state index in [-0.39, 0.29) is 17.1 Å². The fourth-order valence-corrected chi connectivity index (χ4v) is 1.95. The number of amides is 1. The SMILES string of the molecule is CC(C)N(Cc1ccccc1)C(=O)c1ccc(Cl)nn1. The summed E-state index contributed by atoms with van der Waals surface area (Å²) in [7, 11) is 0.